The first-order valence-electron chi connectivity index (χ1n) is 7.71. The van der Waals surface area contributed by atoms with E-state index in [9.17, 15) is 14.4 Å². The third-order valence-electron chi connectivity index (χ3n) is 4.32. The zero-order chi connectivity index (χ0) is 19.9. The first-order valence-corrected chi connectivity index (χ1v) is 9.22. The Balaban J connectivity index is 1.86. The van der Waals surface area contributed by atoms with Crippen molar-refractivity contribution < 1.29 is 14.4 Å². The van der Waals surface area contributed by atoms with Gasteiger partial charge in [-0.05, 0) is 42.8 Å². The zero-order valence-electron chi connectivity index (χ0n) is 13.9. The molecule has 140 valence electrons. The van der Waals surface area contributed by atoms with Gasteiger partial charge in [-0.25, -0.2) is 4.79 Å². The topological polar surface area (TPSA) is 66.5 Å². The van der Waals surface area contributed by atoms with Crippen molar-refractivity contribution in [1.29, 1.82) is 0 Å². The van der Waals surface area contributed by atoms with Crippen LogP contribution >= 0.6 is 46.4 Å². The normalized spacial score (nSPS) is 19.4. The van der Waals surface area contributed by atoms with E-state index in [1.54, 1.807) is 6.07 Å². The molecule has 0 radical (unpaired) electrons. The molecule has 1 saturated heterocycles. The predicted molar refractivity (Wildman–Crippen MR) is 105 cm³/mol. The Morgan fingerprint density at radius 2 is 1.56 bits per heavy atom. The van der Waals surface area contributed by atoms with Gasteiger partial charge in [0.25, 0.3) is 5.91 Å². The number of ketones is 1. The lowest BCUT2D eigenvalue weighted by Crippen LogP contribution is -2.41. The molecule has 2 aromatic carbocycles. The highest BCUT2D eigenvalue weighted by molar-refractivity contribution is 6.42. The van der Waals surface area contributed by atoms with Gasteiger partial charge in [0, 0.05) is 5.56 Å². The van der Waals surface area contributed by atoms with Crippen LogP contribution in [0, 0.1) is 0 Å². The predicted octanol–water partition coefficient (Wildman–Crippen LogP) is 4.95. The number of carbonyl (C=O) groups is 3. The molecule has 9 heteroatoms. The van der Waals surface area contributed by atoms with Crippen molar-refractivity contribution >= 4 is 64.1 Å². The first kappa shape index (κ1) is 20.0. The maximum absolute atomic E-state index is 12.9. The molecule has 2 aromatic rings. The molecule has 27 heavy (non-hydrogen) atoms. The van der Waals surface area contributed by atoms with Crippen LogP contribution in [0.3, 0.4) is 0 Å². The maximum Gasteiger partial charge on any atom is 0.325 e. The molecule has 3 rings (SSSR count). The highest BCUT2D eigenvalue weighted by atomic mass is 35.5. The second-order valence-corrected chi connectivity index (χ2v) is 7.76. The number of rotatable bonds is 4. The summed E-state index contributed by atoms with van der Waals surface area (Å²) in [4.78, 5) is 38.6. The molecule has 1 unspecified atom stereocenters. The minimum Gasteiger partial charge on any atom is -0.319 e. The summed E-state index contributed by atoms with van der Waals surface area (Å²) in [7, 11) is 0. The van der Waals surface area contributed by atoms with E-state index in [2.05, 4.69) is 5.32 Å². The number of hydrogen-bond acceptors (Lipinski definition) is 3. The van der Waals surface area contributed by atoms with Crippen LogP contribution in [-0.2, 0) is 10.3 Å². The highest BCUT2D eigenvalue weighted by Gasteiger charge is 2.49. The number of nitrogens with zero attached hydrogens (tertiary/aromatic N) is 1. The van der Waals surface area contributed by atoms with Gasteiger partial charge in [-0.2, -0.15) is 0 Å². The van der Waals surface area contributed by atoms with Crippen LogP contribution in [0.4, 0.5) is 4.79 Å². The lowest BCUT2D eigenvalue weighted by atomic mass is 9.92. The Bertz CT molecular complexity index is 979. The Kier molecular flexibility index (Phi) is 5.41. The summed E-state index contributed by atoms with van der Waals surface area (Å²) >= 11 is 23.7. The van der Waals surface area contributed by atoms with E-state index in [1.807, 2.05) is 0 Å². The van der Waals surface area contributed by atoms with E-state index in [0.29, 0.717) is 15.6 Å². The summed E-state index contributed by atoms with van der Waals surface area (Å²) in [6, 6.07) is 8.30. The summed E-state index contributed by atoms with van der Waals surface area (Å²) < 4.78 is 0. The number of urea groups is 1. The molecule has 0 bridgehead atoms. The molecular weight excluding hydrogens is 434 g/mol. The van der Waals surface area contributed by atoms with E-state index in [1.165, 1.54) is 37.3 Å². The van der Waals surface area contributed by atoms with Crippen molar-refractivity contribution in [2.75, 3.05) is 6.54 Å². The Morgan fingerprint density at radius 1 is 0.963 bits per heavy atom. The van der Waals surface area contributed by atoms with Gasteiger partial charge in [-0.1, -0.05) is 52.5 Å². The van der Waals surface area contributed by atoms with Crippen LogP contribution < -0.4 is 5.32 Å². The zero-order valence-corrected chi connectivity index (χ0v) is 16.9. The second kappa shape index (κ2) is 7.32. The molecule has 0 aliphatic carbocycles. The largest absolute Gasteiger partial charge is 0.325 e. The van der Waals surface area contributed by atoms with Crippen LogP contribution in [0.2, 0.25) is 20.1 Å². The Labute approximate surface area is 175 Å². The van der Waals surface area contributed by atoms with Gasteiger partial charge in [0.2, 0.25) is 0 Å². The lowest BCUT2D eigenvalue weighted by Gasteiger charge is -2.22. The molecule has 1 fully saturated rings. The van der Waals surface area contributed by atoms with E-state index < -0.39 is 29.8 Å². The van der Waals surface area contributed by atoms with E-state index >= 15 is 0 Å². The third kappa shape index (κ3) is 3.65. The molecule has 1 N–H and O–H groups in total. The van der Waals surface area contributed by atoms with Crippen molar-refractivity contribution in [3.63, 3.8) is 0 Å². The lowest BCUT2D eigenvalue weighted by molar-refractivity contribution is -0.130. The number of halogens is 4. The fraction of sp³-hybridized carbons (Fsp3) is 0.167. The van der Waals surface area contributed by atoms with Gasteiger partial charge in [-0.3, -0.25) is 14.5 Å². The number of hydrogen-bond donors (Lipinski definition) is 1. The van der Waals surface area contributed by atoms with Gasteiger partial charge in [0.15, 0.2) is 5.78 Å². The molecule has 0 saturated carbocycles. The quantitative estimate of drug-likeness (QED) is 0.534. The van der Waals surface area contributed by atoms with Crippen LogP contribution in [-0.4, -0.2) is 29.2 Å². The highest BCUT2D eigenvalue weighted by Crippen LogP contribution is 2.33. The second-order valence-electron chi connectivity index (χ2n) is 6.13. The van der Waals surface area contributed by atoms with Crippen molar-refractivity contribution in [3.8, 4) is 0 Å². The molecule has 1 atom stereocenters. The summed E-state index contributed by atoms with van der Waals surface area (Å²) in [5, 5.41) is 3.70. The van der Waals surface area contributed by atoms with Crippen LogP contribution in [0.15, 0.2) is 36.4 Å². The fourth-order valence-electron chi connectivity index (χ4n) is 2.75. The van der Waals surface area contributed by atoms with Gasteiger partial charge in [-0.15, -0.1) is 0 Å². The molecular formula is C18H12Cl4N2O3. The molecule has 1 aliphatic rings. The van der Waals surface area contributed by atoms with Crippen molar-refractivity contribution in [1.82, 2.24) is 10.2 Å². The van der Waals surface area contributed by atoms with Crippen molar-refractivity contribution in [3.05, 3.63) is 67.6 Å². The third-order valence-corrected chi connectivity index (χ3v) is 5.79. The maximum atomic E-state index is 12.9. The van der Waals surface area contributed by atoms with Gasteiger partial charge >= 0.3 is 6.03 Å². The van der Waals surface area contributed by atoms with E-state index in [-0.39, 0.29) is 15.6 Å². The van der Waals surface area contributed by atoms with E-state index in [0.717, 1.165) is 4.90 Å². The van der Waals surface area contributed by atoms with Gasteiger partial charge < -0.3 is 5.32 Å². The SMILES string of the molecule is CC1(c2ccc(Cl)c(Cl)c2)NC(=O)N(CC(=O)c2ccc(Cl)c(Cl)c2)C1=O. The number of carbonyl (C=O) groups excluding carboxylic acids is 3. The monoisotopic (exact) mass is 444 g/mol. The molecule has 0 aromatic heterocycles. The number of amides is 3. The summed E-state index contributed by atoms with van der Waals surface area (Å²) in [6.07, 6.45) is 0. The van der Waals surface area contributed by atoms with Crippen molar-refractivity contribution in [2.24, 2.45) is 0 Å². The molecule has 1 aliphatic heterocycles. The first-order chi connectivity index (χ1) is 12.6. The number of benzene rings is 2. The average Bonchev–Trinajstić information content (AvgIpc) is 2.83. The number of Topliss-reactive ketones (excluding diaryl/α,β-unsaturated/α-hetero) is 1. The average molecular weight is 446 g/mol. The van der Waals surface area contributed by atoms with Crippen LogP contribution in [0.1, 0.15) is 22.8 Å². The number of nitrogens with one attached hydrogen (secondary N) is 1. The molecule has 1 heterocycles. The Morgan fingerprint density at radius 3 is 2.15 bits per heavy atom. The minimum absolute atomic E-state index is 0.209. The summed E-state index contributed by atoms with van der Waals surface area (Å²) in [6.45, 7) is 1.11. The summed E-state index contributed by atoms with van der Waals surface area (Å²) in [5.74, 6) is -1.02. The molecule has 3 amide bonds. The standard InChI is InChI=1S/C18H12Cl4N2O3/c1-18(10-3-5-12(20)14(22)7-10)16(26)24(17(27)23-18)8-15(25)9-2-4-11(19)13(21)6-9/h2-7H,8H2,1H3,(H,23,27). The van der Waals surface area contributed by atoms with Crippen LogP contribution in [0.5, 0.6) is 0 Å². The van der Waals surface area contributed by atoms with Gasteiger partial charge in [0.1, 0.15) is 5.54 Å². The smallest absolute Gasteiger partial charge is 0.319 e. The molecule has 0 spiro atoms. The Hall–Kier alpha value is -1.79. The number of imide groups is 1. The fourth-order valence-corrected chi connectivity index (χ4v) is 3.34. The van der Waals surface area contributed by atoms with Crippen LogP contribution in [0.25, 0.3) is 0 Å². The van der Waals surface area contributed by atoms with Gasteiger partial charge in [0.05, 0.1) is 26.6 Å². The summed E-state index contributed by atoms with van der Waals surface area (Å²) in [5.41, 5.74) is -0.656. The van der Waals surface area contributed by atoms with E-state index in [4.69, 9.17) is 46.4 Å². The molecule has 5 nitrogen and oxygen atoms in total. The van der Waals surface area contributed by atoms with Crippen molar-refractivity contribution in [2.45, 2.75) is 12.5 Å². The minimum atomic E-state index is -1.36.